The lowest BCUT2D eigenvalue weighted by Crippen LogP contribution is -2.08. The number of anilines is 2. The van der Waals surface area contributed by atoms with E-state index >= 15 is 0 Å². The second kappa shape index (κ2) is 8.14. The van der Waals surface area contributed by atoms with Crippen LogP contribution in [0.25, 0.3) is 0 Å². The maximum atomic E-state index is 5.87. The molecule has 102 valence electrons. The molecule has 0 spiro atoms. The van der Waals surface area contributed by atoms with Gasteiger partial charge in [-0.25, -0.2) is 0 Å². The molecule has 0 saturated carbocycles. The third-order valence-corrected chi connectivity index (χ3v) is 3.80. The van der Waals surface area contributed by atoms with Crippen molar-refractivity contribution < 1.29 is 4.74 Å². The lowest BCUT2D eigenvalue weighted by molar-refractivity contribution is 0.319. The minimum Gasteiger partial charge on any atom is -0.491 e. The zero-order chi connectivity index (χ0) is 13.4. The maximum absolute atomic E-state index is 5.87. The van der Waals surface area contributed by atoms with E-state index in [0.717, 1.165) is 30.8 Å². The molecule has 1 atom stereocenters. The van der Waals surface area contributed by atoms with E-state index in [1.54, 1.807) is 0 Å². The lowest BCUT2D eigenvalue weighted by Gasteiger charge is -2.13. The van der Waals surface area contributed by atoms with Gasteiger partial charge in [0, 0.05) is 23.5 Å². The monoisotopic (exact) mass is 268 g/mol. The highest BCUT2D eigenvalue weighted by atomic mass is 32.2. The standard InChI is InChI=1S/C14H24N2OS/c1-4-9-17-14-10-12(5-6-13(14)15)16-8-7-11(2)18-3/h5-6,10-11,16H,4,7-9,15H2,1-3H3. The van der Waals surface area contributed by atoms with Crippen LogP contribution in [0.1, 0.15) is 26.7 Å². The molecule has 1 aromatic rings. The first-order chi connectivity index (χ1) is 8.67. The Morgan fingerprint density at radius 3 is 2.89 bits per heavy atom. The summed E-state index contributed by atoms with van der Waals surface area (Å²) < 4.78 is 5.61. The number of rotatable bonds is 8. The average Bonchev–Trinajstić information content (AvgIpc) is 2.38. The number of hydrogen-bond donors (Lipinski definition) is 2. The van der Waals surface area contributed by atoms with Crippen molar-refractivity contribution >= 4 is 23.1 Å². The first kappa shape index (κ1) is 15.0. The van der Waals surface area contributed by atoms with E-state index in [0.29, 0.717) is 17.5 Å². The van der Waals surface area contributed by atoms with E-state index in [2.05, 4.69) is 25.4 Å². The predicted octanol–water partition coefficient (Wildman–Crippen LogP) is 3.61. The number of benzene rings is 1. The van der Waals surface area contributed by atoms with Gasteiger partial charge >= 0.3 is 0 Å². The van der Waals surface area contributed by atoms with E-state index in [4.69, 9.17) is 10.5 Å². The predicted molar refractivity (Wildman–Crippen MR) is 82.7 cm³/mol. The lowest BCUT2D eigenvalue weighted by atomic mass is 10.2. The van der Waals surface area contributed by atoms with E-state index in [1.807, 2.05) is 30.0 Å². The van der Waals surface area contributed by atoms with Crippen molar-refractivity contribution in [1.82, 2.24) is 0 Å². The number of nitrogen functional groups attached to an aromatic ring is 1. The molecule has 0 fully saturated rings. The summed E-state index contributed by atoms with van der Waals surface area (Å²) in [6.45, 7) is 6.00. The summed E-state index contributed by atoms with van der Waals surface area (Å²) in [5.74, 6) is 0.778. The molecule has 0 aromatic heterocycles. The highest BCUT2D eigenvalue weighted by molar-refractivity contribution is 7.99. The Bertz CT molecular complexity index is 358. The van der Waals surface area contributed by atoms with Gasteiger partial charge in [-0.1, -0.05) is 13.8 Å². The highest BCUT2D eigenvalue weighted by Crippen LogP contribution is 2.25. The van der Waals surface area contributed by atoms with Gasteiger partial charge in [-0.3, -0.25) is 0 Å². The average molecular weight is 268 g/mol. The van der Waals surface area contributed by atoms with Crippen LogP contribution in [0.5, 0.6) is 5.75 Å². The molecule has 0 bridgehead atoms. The number of nitrogens with two attached hydrogens (primary N) is 1. The summed E-state index contributed by atoms with van der Waals surface area (Å²) in [4.78, 5) is 0. The number of ether oxygens (including phenoxy) is 1. The molecular weight excluding hydrogens is 244 g/mol. The molecule has 1 unspecified atom stereocenters. The topological polar surface area (TPSA) is 47.3 Å². The number of thioether (sulfide) groups is 1. The van der Waals surface area contributed by atoms with Crippen LogP contribution in [-0.4, -0.2) is 24.7 Å². The minimum atomic E-state index is 0.682. The Hall–Kier alpha value is -1.03. The van der Waals surface area contributed by atoms with Gasteiger partial charge in [-0.2, -0.15) is 11.8 Å². The summed E-state index contributed by atoms with van der Waals surface area (Å²) in [5.41, 5.74) is 7.65. The fourth-order valence-corrected chi connectivity index (χ4v) is 1.87. The van der Waals surface area contributed by atoms with E-state index < -0.39 is 0 Å². The van der Waals surface area contributed by atoms with E-state index in [9.17, 15) is 0 Å². The van der Waals surface area contributed by atoms with Crippen LogP contribution in [0.4, 0.5) is 11.4 Å². The molecule has 0 heterocycles. The molecule has 3 N–H and O–H groups in total. The highest BCUT2D eigenvalue weighted by Gasteiger charge is 2.03. The van der Waals surface area contributed by atoms with Gasteiger partial charge in [0.1, 0.15) is 5.75 Å². The van der Waals surface area contributed by atoms with Gasteiger partial charge in [0.15, 0.2) is 0 Å². The molecule has 1 rings (SSSR count). The molecule has 3 nitrogen and oxygen atoms in total. The Morgan fingerprint density at radius 1 is 1.44 bits per heavy atom. The second-order valence-electron chi connectivity index (χ2n) is 4.36. The van der Waals surface area contributed by atoms with Crippen LogP contribution in [-0.2, 0) is 0 Å². The molecule has 1 aromatic carbocycles. The van der Waals surface area contributed by atoms with Crippen molar-refractivity contribution in [3.8, 4) is 5.75 Å². The molecule has 18 heavy (non-hydrogen) atoms. The van der Waals surface area contributed by atoms with Crippen LogP contribution >= 0.6 is 11.8 Å². The smallest absolute Gasteiger partial charge is 0.144 e. The van der Waals surface area contributed by atoms with Crippen LogP contribution < -0.4 is 15.8 Å². The van der Waals surface area contributed by atoms with Crippen LogP contribution in [0.15, 0.2) is 18.2 Å². The van der Waals surface area contributed by atoms with Crippen molar-refractivity contribution in [1.29, 1.82) is 0 Å². The third-order valence-electron chi connectivity index (χ3n) is 2.76. The van der Waals surface area contributed by atoms with Gasteiger partial charge in [0.05, 0.1) is 12.3 Å². The van der Waals surface area contributed by atoms with Crippen LogP contribution in [0, 0.1) is 0 Å². The van der Waals surface area contributed by atoms with Gasteiger partial charge in [0.2, 0.25) is 0 Å². The normalized spacial score (nSPS) is 12.2. The number of nitrogens with one attached hydrogen (secondary N) is 1. The quantitative estimate of drug-likeness (QED) is 0.707. The van der Waals surface area contributed by atoms with Crippen molar-refractivity contribution in [2.75, 3.05) is 30.5 Å². The van der Waals surface area contributed by atoms with Crippen LogP contribution in [0.2, 0.25) is 0 Å². The van der Waals surface area contributed by atoms with Gasteiger partial charge < -0.3 is 15.8 Å². The fraction of sp³-hybridized carbons (Fsp3) is 0.571. The van der Waals surface area contributed by atoms with Gasteiger partial charge in [-0.05, 0) is 31.2 Å². The summed E-state index contributed by atoms with van der Waals surface area (Å²) in [5, 5.41) is 4.09. The molecule has 0 aliphatic carbocycles. The molecule has 0 saturated heterocycles. The van der Waals surface area contributed by atoms with Crippen LogP contribution in [0.3, 0.4) is 0 Å². The Labute approximate surface area is 114 Å². The SMILES string of the molecule is CCCOc1cc(NCCC(C)SC)ccc1N. The zero-order valence-corrected chi connectivity index (χ0v) is 12.3. The van der Waals surface area contributed by atoms with Crippen molar-refractivity contribution in [3.63, 3.8) is 0 Å². The summed E-state index contributed by atoms with van der Waals surface area (Å²) in [6, 6.07) is 5.87. The summed E-state index contributed by atoms with van der Waals surface area (Å²) >= 11 is 1.89. The number of hydrogen-bond acceptors (Lipinski definition) is 4. The largest absolute Gasteiger partial charge is 0.491 e. The first-order valence-corrected chi connectivity index (χ1v) is 7.75. The zero-order valence-electron chi connectivity index (χ0n) is 11.5. The van der Waals surface area contributed by atoms with E-state index in [-0.39, 0.29) is 0 Å². The Kier molecular flexibility index (Phi) is 6.80. The van der Waals surface area contributed by atoms with Gasteiger partial charge in [0.25, 0.3) is 0 Å². The Morgan fingerprint density at radius 2 is 2.22 bits per heavy atom. The third kappa shape index (κ3) is 5.08. The summed E-state index contributed by atoms with van der Waals surface area (Å²) in [6.07, 6.45) is 4.28. The van der Waals surface area contributed by atoms with E-state index in [1.165, 1.54) is 0 Å². The van der Waals surface area contributed by atoms with Crippen molar-refractivity contribution in [2.24, 2.45) is 0 Å². The molecular formula is C14H24N2OS. The van der Waals surface area contributed by atoms with Crippen molar-refractivity contribution in [2.45, 2.75) is 31.9 Å². The summed E-state index contributed by atoms with van der Waals surface area (Å²) in [7, 11) is 0. The second-order valence-corrected chi connectivity index (χ2v) is 5.64. The molecule has 0 aliphatic heterocycles. The maximum Gasteiger partial charge on any atom is 0.144 e. The molecule has 0 radical (unpaired) electrons. The van der Waals surface area contributed by atoms with Gasteiger partial charge in [-0.15, -0.1) is 0 Å². The molecule has 0 aliphatic rings. The molecule has 4 heteroatoms. The van der Waals surface area contributed by atoms with Crippen molar-refractivity contribution in [3.05, 3.63) is 18.2 Å². The first-order valence-electron chi connectivity index (χ1n) is 6.46. The Balaban J connectivity index is 2.50. The molecule has 0 amide bonds. The fourth-order valence-electron chi connectivity index (χ4n) is 1.52. The minimum absolute atomic E-state index is 0.682.